The van der Waals surface area contributed by atoms with Gasteiger partial charge in [0, 0.05) is 13.0 Å². The Morgan fingerprint density at radius 2 is 2.04 bits per heavy atom. The fraction of sp³-hybridized carbons (Fsp3) is 0.263. The van der Waals surface area contributed by atoms with Crippen molar-refractivity contribution in [1.29, 1.82) is 0 Å². The summed E-state index contributed by atoms with van der Waals surface area (Å²) in [7, 11) is 0. The highest BCUT2D eigenvalue weighted by molar-refractivity contribution is 6.34. The Bertz CT molecular complexity index is 838. The van der Waals surface area contributed by atoms with Gasteiger partial charge in [-0.25, -0.2) is 9.18 Å². The molecule has 3 rings (SSSR count). The highest BCUT2D eigenvalue weighted by Crippen LogP contribution is 2.30. The van der Waals surface area contributed by atoms with Gasteiger partial charge >= 0.3 is 6.03 Å². The molecule has 1 aliphatic heterocycles. The quantitative estimate of drug-likeness (QED) is 0.869. The number of hydrogen-bond acceptors (Lipinski definition) is 2. The van der Waals surface area contributed by atoms with Crippen molar-refractivity contribution in [2.45, 2.75) is 26.2 Å². The summed E-state index contributed by atoms with van der Waals surface area (Å²) in [4.78, 5) is 25.4. The van der Waals surface area contributed by atoms with Gasteiger partial charge in [-0.2, -0.15) is 0 Å². The SMILES string of the molecule is CC(=O)Cc1ccc(NC(=O)N2CCCc3ccc(F)cc32)c(Cl)c1. The first-order valence-electron chi connectivity index (χ1n) is 8.09. The van der Waals surface area contributed by atoms with E-state index in [0.717, 1.165) is 24.0 Å². The second-order valence-electron chi connectivity index (χ2n) is 6.15. The summed E-state index contributed by atoms with van der Waals surface area (Å²) < 4.78 is 13.6. The lowest BCUT2D eigenvalue weighted by Gasteiger charge is -2.29. The third kappa shape index (κ3) is 3.99. The molecule has 0 saturated carbocycles. The molecule has 0 spiro atoms. The summed E-state index contributed by atoms with van der Waals surface area (Å²) in [6.45, 7) is 2.03. The van der Waals surface area contributed by atoms with Gasteiger partial charge < -0.3 is 5.32 Å². The Morgan fingerprint density at radius 1 is 1.24 bits per heavy atom. The number of urea groups is 1. The van der Waals surface area contributed by atoms with Crippen molar-refractivity contribution in [3.8, 4) is 0 Å². The molecule has 0 aromatic heterocycles. The molecule has 2 aromatic carbocycles. The molecular formula is C19H18ClFN2O2. The van der Waals surface area contributed by atoms with Gasteiger partial charge in [0.15, 0.2) is 0 Å². The fourth-order valence-electron chi connectivity index (χ4n) is 3.00. The van der Waals surface area contributed by atoms with Crippen LogP contribution in [-0.4, -0.2) is 18.4 Å². The maximum atomic E-state index is 13.6. The first-order valence-corrected chi connectivity index (χ1v) is 8.46. The molecule has 0 radical (unpaired) electrons. The molecule has 4 nitrogen and oxygen atoms in total. The summed E-state index contributed by atoms with van der Waals surface area (Å²) in [5, 5.41) is 3.13. The van der Waals surface area contributed by atoms with Gasteiger partial charge in [-0.3, -0.25) is 9.69 Å². The average molecular weight is 361 g/mol. The highest BCUT2D eigenvalue weighted by atomic mass is 35.5. The number of ketones is 1. The predicted molar refractivity (Wildman–Crippen MR) is 96.9 cm³/mol. The van der Waals surface area contributed by atoms with Gasteiger partial charge in [0.05, 0.1) is 16.4 Å². The predicted octanol–water partition coefficient (Wildman–Crippen LogP) is 4.60. The number of benzene rings is 2. The number of anilines is 2. The summed E-state index contributed by atoms with van der Waals surface area (Å²) in [5.74, 6) is -0.329. The Kier molecular flexibility index (Phi) is 5.04. The highest BCUT2D eigenvalue weighted by Gasteiger charge is 2.23. The lowest BCUT2D eigenvalue weighted by Crippen LogP contribution is -2.38. The zero-order chi connectivity index (χ0) is 18.0. The van der Waals surface area contributed by atoms with Crippen LogP contribution in [0.15, 0.2) is 36.4 Å². The van der Waals surface area contributed by atoms with Crippen molar-refractivity contribution in [3.63, 3.8) is 0 Å². The van der Waals surface area contributed by atoms with Gasteiger partial charge in [0.1, 0.15) is 11.6 Å². The van der Waals surface area contributed by atoms with Crippen molar-refractivity contribution in [3.05, 3.63) is 58.4 Å². The minimum absolute atomic E-state index is 0.0415. The molecule has 0 fully saturated rings. The van der Waals surface area contributed by atoms with E-state index in [1.165, 1.54) is 24.0 Å². The Morgan fingerprint density at radius 3 is 2.76 bits per heavy atom. The van der Waals surface area contributed by atoms with Crippen LogP contribution in [0, 0.1) is 5.82 Å². The summed E-state index contributed by atoms with van der Waals surface area (Å²) in [6.07, 6.45) is 1.93. The maximum Gasteiger partial charge on any atom is 0.326 e. The zero-order valence-corrected chi connectivity index (χ0v) is 14.6. The molecule has 0 bridgehead atoms. The third-order valence-corrected chi connectivity index (χ3v) is 4.45. The molecule has 1 N–H and O–H groups in total. The van der Waals surface area contributed by atoms with Crippen LogP contribution < -0.4 is 10.2 Å². The zero-order valence-electron chi connectivity index (χ0n) is 13.8. The molecule has 130 valence electrons. The normalized spacial score (nSPS) is 13.3. The molecule has 0 saturated heterocycles. The Hall–Kier alpha value is -2.40. The molecular weight excluding hydrogens is 343 g/mol. The Labute approximate surface area is 150 Å². The van der Waals surface area contributed by atoms with Gasteiger partial charge in [-0.05, 0) is 55.2 Å². The van der Waals surface area contributed by atoms with Crippen LogP contribution in [0.3, 0.4) is 0 Å². The second kappa shape index (κ2) is 7.23. The van der Waals surface area contributed by atoms with Crippen LogP contribution in [0.1, 0.15) is 24.5 Å². The molecule has 0 aliphatic carbocycles. The van der Waals surface area contributed by atoms with Crippen LogP contribution >= 0.6 is 11.6 Å². The van der Waals surface area contributed by atoms with Gasteiger partial charge in [0.25, 0.3) is 0 Å². The largest absolute Gasteiger partial charge is 0.326 e. The van der Waals surface area contributed by atoms with E-state index in [9.17, 15) is 14.0 Å². The molecule has 0 atom stereocenters. The molecule has 6 heteroatoms. The number of halogens is 2. The fourth-order valence-corrected chi connectivity index (χ4v) is 3.25. The molecule has 25 heavy (non-hydrogen) atoms. The summed E-state index contributed by atoms with van der Waals surface area (Å²) in [5.41, 5.74) is 2.79. The summed E-state index contributed by atoms with van der Waals surface area (Å²) in [6, 6.07) is 9.25. The first-order chi connectivity index (χ1) is 11.9. The van der Waals surface area contributed by atoms with E-state index in [4.69, 9.17) is 11.6 Å². The minimum Gasteiger partial charge on any atom is -0.306 e. The van der Waals surface area contributed by atoms with E-state index in [1.54, 1.807) is 24.3 Å². The number of nitrogens with one attached hydrogen (secondary N) is 1. The van der Waals surface area contributed by atoms with Crippen LogP contribution in [-0.2, 0) is 17.6 Å². The first kappa shape index (κ1) is 17.4. The number of aryl methyl sites for hydroxylation is 1. The average Bonchev–Trinajstić information content (AvgIpc) is 2.56. The standard InChI is InChI=1S/C19H18ClFN2O2/c1-12(24)9-13-4-7-17(16(20)10-13)22-19(25)23-8-2-3-14-5-6-15(21)11-18(14)23/h4-7,10-11H,2-3,8-9H2,1H3,(H,22,25). The van der Waals surface area contributed by atoms with E-state index in [2.05, 4.69) is 5.32 Å². The smallest absolute Gasteiger partial charge is 0.306 e. The maximum absolute atomic E-state index is 13.6. The van der Waals surface area contributed by atoms with E-state index in [1.807, 2.05) is 0 Å². The van der Waals surface area contributed by atoms with Gasteiger partial charge in [-0.1, -0.05) is 23.7 Å². The number of Topliss-reactive ketones (excluding diaryl/α,β-unsaturated/α-hetero) is 1. The number of carbonyl (C=O) groups is 2. The third-order valence-electron chi connectivity index (χ3n) is 4.14. The number of hydrogen-bond donors (Lipinski definition) is 1. The number of rotatable bonds is 3. The molecule has 1 aliphatic rings. The number of fused-ring (bicyclic) bond motifs is 1. The van der Waals surface area contributed by atoms with Crippen LogP contribution in [0.4, 0.5) is 20.6 Å². The Balaban J connectivity index is 1.80. The van der Waals surface area contributed by atoms with Crippen LogP contribution in [0.5, 0.6) is 0 Å². The lowest BCUT2D eigenvalue weighted by atomic mass is 10.0. The van der Waals surface area contributed by atoms with E-state index in [0.29, 0.717) is 29.4 Å². The minimum atomic E-state index is -0.370. The van der Waals surface area contributed by atoms with E-state index in [-0.39, 0.29) is 17.6 Å². The lowest BCUT2D eigenvalue weighted by molar-refractivity contribution is -0.116. The number of nitrogens with zero attached hydrogens (tertiary/aromatic N) is 1. The topological polar surface area (TPSA) is 49.4 Å². The number of carbonyl (C=O) groups excluding carboxylic acids is 2. The molecule has 2 aromatic rings. The van der Waals surface area contributed by atoms with Gasteiger partial charge in [0.2, 0.25) is 0 Å². The van der Waals surface area contributed by atoms with E-state index < -0.39 is 0 Å². The van der Waals surface area contributed by atoms with Crippen LogP contribution in [0.2, 0.25) is 5.02 Å². The molecule has 2 amide bonds. The summed E-state index contributed by atoms with van der Waals surface area (Å²) >= 11 is 6.22. The van der Waals surface area contributed by atoms with Crippen molar-refractivity contribution in [2.75, 3.05) is 16.8 Å². The van der Waals surface area contributed by atoms with Crippen molar-refractivity contribution in [2.24, 2.45) is 0 Å². The second-order valence-corrected chi connectivity index (χ2v) is 6.56. The monoisotopic (exact) mass is 360 g/mol. The van der Waals surface area contributed by atoms with Crippen LogP contribution in [0.25, 0.3) is 0 Å². The molecule has 1 heterocycles. The van der Waals surface area contributed by atoms with Gasteiger partial charge in [-0.15, -0.1) is 0 Å². The van der Waals surface area contributed by atoms with E-state index >= 15 is 0 Å². The van der Waals surface area contributed by atoms with Crippen molar-refractivity contribution < 1.29 is 14.0 Å². The number of amides is 2. The molecule has 0 unspecified atom stereocenters. The van der Waals surface area contributed by atoms with Crippen molar-refractivity contribution >= 4 is 34.8 Å². The van der Waals surface area contributed by atoms with Crippen molar-refractivity contribution in [1.82, 2.24) is 0 Å².